The highest BCUT2D eigenvalue weighted by molar-refractivity contribution is 7.90. The van der Waals surface area contributed by atoms with Crippen molar-refractivity contribution in [3.63, 3.8) is 0 Å². The Kier molecular flexibility index (Phi) is 4.65. The van der Waals surface area contributed by atoms with Crippen LogP contribution in [0.4, 0.5) is 0 Å². The average Bonchev–Trinajstić information content (AvgIpc) is 2.69. The van der Waals surface area contributed by atoms with Gasteiger partial charge in [-0.2, -0.15) is 0 Å². The molecule has 0 unspecified atom stereocenters. The van der Waals surface area contributed by atoms with E-state index in [0.717, 1.165) is 53.4 Å². The molecule has 0 bridgehead atoms. The third-order valence-corrected chi connectivity index (χ3v) is 6.58. The zero-order valence-corrected chi connectivity index (χ0v) is 16.5. The molecule has 28 heavy (non-hydrogen) atoms. The van der Waals surface area contributed by atoms with Gasteiger partial charge in [-0.3, -0.25) is 4.98 Å². The first kappa shape index (κ1) is 18.9. The maximum Gasteiger partial charge on any atom is 0.177 e. The first-order valence-electron chi connectivity index (χ1n) is 9.21. The number of fused-ring (bicyclic) bond motifs is 1. The van der Waals surface area contributed by atoms with E-state index >= 15 is 0 Å². The molecule has 7 nitrogen and oxygen atoms in total. The quantitative estimate of drug-likeness (QED) is 0.693. The predicted octanol–water partition coefficient (Wildman–Crippen LogP) is 2.15. The summed E-state index contributed by atoms with van der Waals surface area (Å²) in [5.74, 6) is 0. The van der Waals surface area contributed by atoms with Gasteiger partial charge < -0.3 is 11.5 Å². The number of aromatic nitrogens is 3. The number of nitrogens with two attached hydrogens (primary N) is 2. The highest BCUT2D eigenvalue weighted by Gasteiger charge is 2.34. The van der Waals surface area contributed by atoms with Crippen LogP contribution in [0.1, 0.15) is 31.4 Å². The lowest BCUT2D eigenvalue weighted by atomic mass is 9.77. The summed E-state index contributed by atoms with van der Waals surface area (Å²) < 4.78 is 23.7. The topological polar surface area (TPSA) is 125 Å². The van der Waals surface area contributed by atoms with Gasteiger partial charge in [0.2, 0.25) is 0 Å². The molecule has 1 fully saturated rings. The average molecular weight is 398 g/mol. The van der Waals surface area contributed by atoms with Crippen LogP contribution < -0.4 is 11.5 Å². The zero-order chi connectivity index (χ0) is 19.9. The predicted molar refractivity (Wildman–Crippen MR) is 108 cm³/mol. The van der Waals surface area contributed by atoms with Crippen LogP contribution in [0.5, 0.6) is 0 Å². The van der Waals surface area contributed by atoms with Crippen LogP contribution in [0.3, 0.4) is 0 Å². The Bertz CT molecular complexity index is 1140. The van der Waals surface area contributed by atoms with Crippen molar-refractivity contribution in [2.75, 3.05) is 6.26 Å². The second-order valence-corrected chi connectivity index (χ2v) is 9.64. The Balaban J connectivity index is 1.84. The minimum Gasteiger partial charge on any atom is -0.328 e. The summed E-state index contributed by atoms with van der Waals surface area (Å²) in [6, 6.07) is 7.59. The Labute approximate surface area is 164 Å². The van der Waals surface area contributed by atoms with E-state index in [1.807, 2.05) is 18.2 Å². The van der Waals surface area contributed by atoms with Gasteiger partial charge in [0.15, 0.2) is 9.84 Å². The summed E-state index contributed by atoms with van der Waals surface area (Å²) in [6.45, 7) is 0. The van der Waals surface area contributed by atoms with Gasteiger partial charge >= 0.3 is 0 Å². The largest absolute Gasteiger partial charge is 0.328 e. The molecule has 0 saturated heterocycles. The summed E-state index contributed by atoms with van der Waals surface area (Å²) in [7, 11) is -3.34. The van der Waals surface area contributed by atoms with Crippen LogP contribution in [-0.2, 0) is 15.4 Å². The van der Waals surface area contributed by atoms with Crippen LogP contribution in [0, 0.1) is 0 Å². The van der Waals surface area contributed by atoms with Crippen molar-refractivity contribution in [3.8, 4) is 11.1 Å². The van der Waals surface area contributed by atoms with Crippen molar-refractivity contribution in [2.24, 2.45) is 11.5 Å². The molecule has 146 valence electrons. The maximum atomic E-state index is 11.9. The molecule has 8 heteroatoms. The van der Waals surface area contributed by atoms with Crippen molar-refractivity contribution in [2.45, 2.75) is 42.2 Å². The summed E-state index contributed by atoms with van der Waals surface area (Å²) in [5, 5.41) is 0.878. The van der Waals surface area contributed by atoms with E-state index in [9.17, 15) is 8.42 Å². The smallest absolute Gasteiger partial charge is 0.177 e. The molecule has 1 aliphatic rings. The Morgan fingerprint density at radius 2 is 1.82 bits per heavy atom. The summed E-state index contributed by atoms with van der Waals surface area (Å²) >= 11 is 0. The van der Waals surface area contributed by atoms with Crippen molar-refractivity contribution >= 4 is 20.7 Å². The maximum absolute atomic E-state index is 11.9. The summed E-state index contributed by atoms with van der Waals surface area (Å²) in [6.07, 6.45) is 9.00. The van der Waals surface area contributed by atoms with E-state index in [-0.39, 0.29) is 10.9 Å². The van der Waals surface area contributed by atoms with Gasteiger partial charge in [0.1, 0.15) is 6.33 Å². The molecule has 1 aromatic carbocycles. The zero-order valence-electron chi connectivity index (χ0n) is 15.7. The second kappa shape index (κ2) is 6.88. The Morgan fingerprint density at radius 3 is 2.54 bits per heavy atom. The van der Waals surface area contributed by atoms with Crippen molar-refractivity contribution in [1.82, 2.24) is 15.0 Å². The van der Waals surface area contributed by atoms with Gasteiger partial charge in [-0.25, -0.2) is 18.4 Å². The number of benzene rings is 1. The van der Waals surface area contributed by atoms with Crippen molar-refractivity contribution < 1.29 is 8.42 Å². The molecule has 1 aliphatic carbocycles. The lowest BCUT2D eigenvalue weighted by Gasteiger charge is -2.36. The van der Waals surface area contributed by atoms with E-state index in [1.165, 1.54) is 12.5 Å². The molecular formula is C20H23N5O2S. The molecule has 3 aromatic rings. The third-order valence-electron chi connectivity index (χ3n) is 5.50. The standard InChI is InChI=1S/C20H23N5O2S/c1-28(26,27)16-8-14(10-23-11-16)13-2-3-18-17(9-13)19(25-12-24-18)20(22)6-4-15(21)5-7-20/h2-3,8-12,15H,4-7,21-22H2,1H3. The number of hydrogen-bond donors (Lipinski definition) is 2. The molecule has 2 heterocycles. The first-order chi connectivity index (χ1) is 13.3. The molecule has 0 radical (unpaired) electrons. The monoisotopic (exact) mass is 397 g/mol. The normalized spacial score (nSPS) is 23.0. The molecule has 0 amide bonds. The van der Waals surface area contributed by atoms with Gasteiger partial charge in [0.05, 0.1) is 21.6 Å². The van der Waals surface area contributed by atoms with Gasteiger partial charge in [0, 0.05) is 35.6 Å². The molecule has 0 spiro atoms. The second-order valence-electron chi connectivity index (χ2n) is 7.63. The molecular weight excluding hydrogens is 374 g/mol. The Hall–Kier alpha value is -2.42. The summed E-state index contributed by atoms with van der Waals surface area (Å²) in [5.41, 5.74) is 15.4. The van der Waals surface area contributed by atoms with Crippen molar-refractivity contribution in [1.29, 1.82) is 0 Å². The van der Waals surface area contributed by atoms with Crippen LogP contribution in [0.15, 0.2) is 47.9 Å². The lowest BCUT2D eigenvalue weighted by Crippen LogP contribution is -2.44. The number of nitrogens with zero attached hydrogens (tertiary/aromatic N) is 3. The lowest BCUT2D eigenvalue weighted by molar-refractivity contribution is 0.273. The Morgan fingerprint density at radius 1 is 1.07 bits per heavy atom. The van der Waals surface area contributed by atoms with Gasteiger partial charge in [-0.15, -0.1) is 0 Å². The van der Waals surface area contributed by atoms with E-state index in [1.54, 1.807) is 18.6 Å². The molecule has 0 atom stereocenters. The van der Waals surface area contributed by atoms with E-state index in [4.69, 9.17) is 11.5 Å². The molecule has 0 aliphatic heterocycles. The molecule has 4 N–H and O–H groups in total. The van der Waals surface area contributed by atoms with Crippen LogP contribution >= 0.6 is 0 Å². The van der Waals surface area contributed by atoms with Gasteiger partial charge in [-0.1, -0.05) is 6.07 Å². The fourth-order valence-electron chi connectivity index (χ4n) is 3.80. The van der Waals surface area contributed by atoms with Gasteiger partial charge in [0.25, 0.3) is 0 Å². The van der Waals surface area contributed by atoms with Crippen LogP contribution in [0.25, 0.3) is 22.0 Å². The fraction of sp³-hybridized carbons (Fsp3) is 0.350. The van der Waals surface area contributed by atoms with E-state index in [2.05, 4.69) is 15.0 Å². The third kappa shape index (κ3) is 3.50. The number of rotatable bonds is 3. The van der Waals surface area contributed by atoms with E-state index in [0.29, 0.717) is 0 Å². The first-order valence-corrected chi connectivity index (χ1v) is 11.1. The summed E-state index contributed by atoms with van der Waals surface area (Å²) in [4.78, 5) is 13.2. The van der Waals surface area contributed by atoms with Gasteiger partial charge in [-0.05, 0) is 49.4 Å². The SMILES string of the molecule is CS(=O)(=O)c1cncc(-c2ccc3ncnc(C4(N)CCC(N)CC4)c3c2)c1. The number of pyridine rings is 1. The van der Waals surface area contributed by atoms with Crippen molar-refractivity contribution in [3.05, 3.63) is 48.7 Å². The van der Waals surface area contributed by atoms with E-state index < -0.39 is 15.4 Å². The number of hydrogen-bond acceptors (Lipinski definition) is 7. The molecule has 4 rings (SSSR count). The van der Waals surface area contributed by atoms with Crippen LogP contribution in [-0.4, -0.2) is 35.7 Å². The number of sulfone groups is 1. The highest BCUT2D eigenvalue weighted by Crippen LogP contribution is 2.37. The minimum atomic E-state index is -3.34. The minimum absolute atomic E-state index is 0.185. The molecule has 2 aromatic heterocycles. The molecule has 1 saturated carbocycles. The fourth-order valence-corrected chi connectivity index (χ4v) is 4.40. The highest BCUT2D eigenvalue weighted by atomic mass is 32.2. The van der Waals surface area contributed by atoms with Crippen LogP contribution in [0.2, 0.25) is 0 Å².